The molecular weight excluding hydrogens is 688 g/mol. The molecule has 3 saturated heterocycles. The number of hydrogen-bond acceptors (Lipinski definition) is 8. The van der Waals surface area contributed by atoms with Crippen LogP contribution in [0, 0.1) is 23.6 Å². The summed E-state index contributed by atoms with van der Waals surface area (Å²) in [6.07, 6.45) is 13.9. The number of terminal acetylenes is 1. The van der Waals surface area contributed by atoms with E-state index in [1.807, 2.05) is 6.08 Å². The molecule has 0 radical (unpaired) electrons. The second-order valence-corrected chi connectivity index (χ2v) is 16.2. The third-order valence-electron chi connectivity index (χ3n) is 12.0. The lowest BCUT2D eigenvalue weighted by molar-refractivity contribution is -0.117. The number of allylic oxidation sites excluding steroid dienone is 1. The van der Waals surface area contributed by atoms with Crippen LogP contribution in [0.5, 0.6) is 11.8 Å². The number of phenolic OH excluding ortho intramolecular Hbond substituents is 1. The molecule has 7 rings (SSSR count). The van der Waals surface area contributed by atoms with Crippen molar-refractivity contribution in [2.24, 2.45) is 5.41 Å². The molecule has 3 fully saturated rings. The molecule has 1 amide bonds. The quantitative estimate of drug-likeness (QED) is 0.189. The number of phenols is 1. The topological polar surface area (TPSA) is 100 Å². The van der Waals surface area contributed by atoms with E-state index in [0.717, 1.165) is 55.6 Å². The molecule has 3 aromatic rings. The Balaban J connectivity index is 1.32. The molecule has 2 aromatic carbocycles. The standard InChI is InChI=1S/C43H51F2N5O4/c1-6-33-36(45)14-12-28-20-32(51)22-35(39(28)33)27-11-13-34-37(21-27)47-41(48-40(34)49-17-9-8-10-30(25-49)46-38(52)7-2)54-26-43(42(3,4)5)23-29(44)24-50(43)31-15-18-53-19-16-31/h1,7,12,14,20-22,29-31,51H,2,8-11,13,15-19,23-26H2,3-5H3,(H,46,52)/t29-,30?,43+/m1/s1. The van der Waals surface area contributed by atoms with E-state index in [-0.39, 0.29) is 47.3 Å². The summed E-state index contributed by atoms with van der Waals surface area (Å²) in [6.45, 7) is 13.2. The molecule has 4 heterocycles. The molecule has 4 aliphatic rings. The molecule has 286 valence electrons. The van der Waals surface area contributed by atoms with Gasteiger partial charge in [0.15, 0.2) is 0 Å². The van der Waals surface area contributed by atoms with Gasteiger partial charge in [-0.1, -0.05) is 39.3 Å². The molecule has 0 saturated carbocycles. The number of carbonyl (C=O) groups excluding carboxylic acids is 1. The summed E-state index contributed by atoms with van der Waals surface area (Å²) < 4.78 is 43.0. The fraction of sp³-hybridized carbons (Fsp3) is 0.512. The van der Waals surface area contributed by atoms with Gasteiger partial charge in [0, 0.05) is 62.3 Å². The number of nitrogens with one attached hydrogen (secondary N) is 1. The molecule has 0 bridgehead atoms. The van der Waals surface area contributed by atoms with E-state index in [1.165, 1.54) is 12.1 Å². The lowest BCUT2D eigenvalue weighted by Crippen LogP contribution is -2.61. The Kier molecular flexibility index (Phi) is 10.7. The molecule has 3 aliphatic heterocycles. The Bertz CT molecular complexity index is 2000. The number of alkyl halides is 1. The van der Waals surface area contributed by atoms with Crippen LogP contribution in [0.1, 0.15) is 88.1 Å². The number of benzene rings is 2. The molecule has 0 spiro atoms. The van der Waals surface area contributed by atoms with Crippen molar-refractivity contribution in [2.45, 2.75) is 95.9 Å². The first-order valence-corrected chi connectivity index (χ1v) is 19.2. The lowest BCUT2D eigenvalue weighted by atomic mass is 9.71. The van der Waals surface area contributed by atoms with E-state index in [2.05, 4.69) is 48.4 Å². The van der Waals surface area contributed by atoms with Crippen LogP contribution in [0.15, 0.2) is 36.9 Å². The molecule has 54 heavy (non-hydrogen) atoms. The summed E-state index contributed by atoms with van der Waals surface area (Å²) in [5, 5.41) is 15.0. The number of nitrogens with zero attached hydrogens (tertiary/aromatic N) is 4. The van der Waals surface area contributed by atoms with Crippen LogP contribution in [0.3, 0.4) is 0 Å². The number of ether oxygens (including phenoxy) is 2. The third kappa shape index (κ3) is 7.30. The molecular formula is C43H51F2N5O4. The van der Waals surface area contributed by atoms with E-state index >= 15 is 8.78 Å². The number of anilines is 1. The monoisotopic (exact) mass is 739 g/mol. The van der Waals surface area contributed by atoms with Crippen LogP contribution in [0.25, 0.3) is 22.4 Å². The highest BCUT2D eigenvalue weighted by Crippen LogP contribution is 2.47. The summed E-state index contributed by atoms with van der Waals surface area (Å²) in [6, 6.07) is 6.43. The normalized spacial score (nSPS) is 24.0. The van der Waals surface area contributed by atoms with Crippen molar-refractivity contribution in [3.8, 4) is 24.1 Å². The average Bonchev–Trinajstić information content (AvgIpc) is 3.35. The number of aromatic hydroxyl groups is 1. The molecule has 2 N–H and O–H groups in total. The van der Waals surface area contributed by atoms with Gasteiger partial charge in [-0.2, -0.15) is 9.97 Å². The van der Waals surface area contributed by atoms with Crippen LogP contribution < -0.4 is 15.0 Å². The van der Waals surface area contributed by atoms with Crippen molar-refractivity contribution in [3.05, 3.63) is 65.1 Å². The molecule has 3 atom stereocenters. The number of rotatable bonds is 8. The number of amides is 1. The largest absolute Gasteiger partial charge is 0.508 e. The van der Waals surface area contributed by atoms with E-state index in [9.17, 15) is 9.90 Å². The van der Waals surface area contributed by atoms with Crippen molar-refractivity contribution in [2.75, 3.05) is 44.4 Å². The Morgan fingerprint density at radius 2 is 1.98 bits per heavy atom. The second-order valence-electron chi connectivity index (χ2n) is 16.2. The maximum absolute atomic E-state index is 15.6. The smallest absolute Gasteiger partial charge is 0.318 e. The molecule has 9 nitrogen and oxygen atoms in total. The van der Waals surface area contributed by atoms with Crippen molar-refractivity contribution in [1.29, 1.82) is 0 Å². The van der Waals surface area contributed by atoms with Gasteiger partial charge >= 0.3 is 6.01 Å². The Labute approximate surface area is 316 Å². The summed E-state index contributed by atoms with van der Waals surface area (Å²) >= 11 is 0. The minimum atomic E-state index is -0.990. The second kappa shape index (κ2) is 15.3. The van der Waals surface area contributed by atoms with Crippen LogP contribution in [-0.4, -0.2) is 89.1 Å². The van der Waals surface area contributed by atoms with E-state index in [0.29, 0.717) is 67.6 Å². The van der Waals surface area contributed by atoms with Crippen LogP contribution in [0.4, 0.5) is 14.6 Å². The maximum atomic E-state index is 15.6. The molecule has 11 heteroatoms. The highest BCUT2D eigenvalue weighted by molar-refractivity contribution is 6.02. The van der Waals surface area contributed by atoms with Crippen molar-refractivity contribution < 1.29 is 28.2 Å². The first-order chi connectivity index (χ1) is 25.9. The van der Waals surface area contributed by atoms with Crippen LogP contribution in [0.2, 0.25) is 0 Å². The number of aromatic nitrogens is 2. The first-order valence-electron chi connectivity index (χ1n) is 19.2. The number of carbonyl (C=O) groups is 1. The van der Waals surface area contributed by atoms with Gasteiger partial charge in [-0.25, -0.2) is 8.78 Å². The van der Waals surface area contributed by atoms with Gasteiger partial charge in [0.1, 0.15) is 30.2 Å². The van der Waals surface area contributed by atoms with Gasteiger partial charge in [0.2, 0.25) is 5.91 Å². The van der Waals surface area contributed by atoms with Gasteiger partial charge in [-0.3, -0.25) is 9.69 Å². The number of fused-ring (bicyclic) bond motifs is 2. The Morgan fingerprint density at radius 1 is 1.19 bits per heavy atom. The predicted molar refractivity (Wildman–Crippen MR) is 208 cm³/mol. The Hall–Kier alpha value is -4.53. The van der Waals surface area contributed by atoms with Gasteiger partial charge < -0.3 is 24.8 Å². The molecule has 1 aliphatic carbocycles. The zero-order valence-electron chi connectivity index (χ0n) is 31.6. The first kappa shape index (κ1) is 37.8. The minimum Gasteiger partial charge on any atom is -0.508 e. The SMILES string of the molecule is C#Cc1c(F)ccc2cc(O)cc(C3=Cc4nc(OC[C@]5(C(C)(C)C)C[C@@H](F)CN5C5CCOCC5)nc(N5CCCCC(NC(=O)C=C)C5)c4CC3)c12. The van der Waals surface area contributed by atoms with Crippen molar-refractivity contribution in [3.63, 3.8) is 0 Å². The zero-order chi connectivity index (χ0) is 38.2. The van der Waals surface area contributed by atoms with Crippen molar-refractivity contribution in [1.82, 2.24) is 20.2 Å². The fourth-order valence-electron chi connectivity index (χ4n) is 9.11. The Morgan fingerprint density at radius 3 is 2.72 bits per heavy atom. The maximum Gasteiger partial charge on any atom is 0.318 e. The van der Waals surface area contributed by atoms with Gasteiger partial charge in [-0.05, 0) is 97.2 Å². The van der Waals surface area contributed by atoms with Crippen molar-refractivity contribution >= 4 is 34.1 Å². The molecule has 1 aromatic heterocycles. The third-order valence-corrected chi connectivity index (χ3v) is 12.0. The average molecular weight is 740 g/mol. The fourth-order valence-corrected chi connectivity index (χ4v) is 9.11. The van der Waals surface area contributed by atoms with E-state index in [4.69, 9.17) is 25.9 Å². The summed E-state index contributed by atoms with van der Waals surface area (Å²) in [5.74, 6) is 2.60. The number of halogens is 2. The van der Waals surface area contributed by atoms with Crippen LogP contribution >= 0.6 is 0 Å². The summed E-state index contributed by atoms with van der Waals surface area (Å²) in [4.78, 5) is 27.0. The van der Waals surface area contributed by atoms with Gasteiger partial charge in [-0.15, -0.1) is 6.42 Å². The highest BCUT2D eigenvalue weighted by atomic mass is 19.1. The highest BCUT2D eigenvalue weighted by Gasteiger charge is 2.56. The number of likely N-dealkylation sites (tertiary alicyclic amines) is 1. The summed E-state index contributed by atoms with van der Waals surface area (Å²) in [5.41, 5.74) is 2.28. The van der Waals surface area contributed by atoms with Gasteiger partial charge in [0.25, 0.3) is 0 Å². The number of hydrogen-bond donors (Lipinski definition) is 2. The van der Waals surface area contributed by atoms with E-state index < -0.39 is 17.5 Å². The predicted octanol–water partition coefficient (Wildman–Crippen LogP) is 6.99. The van der Waals surface area contributed by atoms with Gasteiger partial charge in [0.05, 0.1) is 16.8 Å². The zero-order valence-corrected chi connectivity index (χ0v) is 31.6. The van der Waals surface area contributed by atoms with Crippen LogP contribution in [-0.2, 0) is 16.0 Å². The van der Waals surface area contributed by atoms with E-state index in [1.54, 1.807) is 18.2 Å². The minimum absolute atomic E-state index is 0.0487. The lowest BCUT2D eigenvalue weighted by Gasteiger charge is -2.51. The summed E-state index contributed by atoms with van der Waals surface area (Å²) in [7, 11) is 0. The molecule has 1 unspecified atom stereocenters.